The normalized spacial score (nSPS) is 39.4. The molecule has 0 aromatic rings. The fourth-order valence-corrected chi connectivity index (χ4v) is 4.29. The monoisotopic (exact) mass is 236 g/mol. The second-order valence-electron chi connectivity index (χ2n) is 7.57. The van der Waals surface area contributed by atoms with Gasteiger partial charge in [-0.3, -0.25) is 0 Å². The minimum atomic E-state index is 0.646. The lowest BCUT2D eigenvalue weighted by Gasteiger charge is -2.51. The van der Waals surface area contributed by atoms with Gasteiger partial charge in [0.1, 0.15) is 0 Å². The quantitative estimate of drug-likeness (QED) is 0.527. The molecule has 0 radical (unpaired) electrons. The summed E-state index contributed by atoms with van der Waals surface area (Å²) in [5, 5.41) is 0. The average Bonchev–Trinajstić information content (AvgIpc) is 2.28. The molecular weight excluding hydrogens is 204 g/mol. The van der Waals surface area contributed by atoms with Gasteiger partial charge in [0.25, 0.3) is 0 Å². The molecule has 0 atom stereocenters. The molecule has 0 aromatic carbocycles. The maximum absolute atomic E-state index is 2.62. The Morgan fingerprint density at radius 1 is 0.647 bits per heavy atom. The first kappa shape index (κ1) is 13.4. The molecule has 2 aliphatic rings. The second-order valence-corrected chi connectivity index (χ2v) is 7.57. The van der Waals surface area contributed by atoms with Crippen molar-refractivity contribution in [1.29, 1.82) is 0 Å². The molecule has 2 rings (SSSR count). The van der Waals surface area contributed by atoms with Crippen molar-refractivity contribution < 1.29 is 0 Å². The molecule has 2 fully saturated rings. The van der Waals surface area contributed by atoms with Gasteiger partial charge in [-0.1, -0.05) is 65.7 Å². The Labute approximate surface area is 109 Å². The fraction of sp³-hybridized carbons (Fsp3) is 1.00. The summed E-state index contributed by atoms with van der Waals surface area (Å²) < 4.78 is 0. The molecule has 17 heavy (non-hydrogen) atoms. The summed E-state index contributed by atoms with van der Waals surface area (Å²) in [6.07, 6.45) is 16.4. The van der Waals surface area contributed by atoms with E-state index in [2.05, 4.69) is 20.8 Å². The Kier molecular flexibility index (Phi) is 4.21. The van der Waals surface area contributed by atoms with Crippen LogP contribution in [-0.4, -0.2) is 0 Å². The van der Waals surface area contributed by atoms with E-state index in [1.807, 2.05) is 0 Å². The fourth-order valence-electron chi connectivity index (χ4n) is 4.29. The highest BCUT2D eigenvalue weighted by molar-refractivity contribution is 4.95. The highest BCUT2D eigenvalue weighted by Gasteiger charge is 2.44. The highest BCUT2D eigenvalue weighted by Crippen LogP contribution is 2.55. The van der Waals surface area contributed by atoms with Gasteiger partial charge >= 0.3 is 0 Å². The lowest BCUT2D eigenvalue weighted by atomic mass is 9.54. The molecule has 0 unspecified atom stereocenters. The zero-order chi connectivity index (χ0) is 12.4. The zero-order valence-corrected chi connectivity index (χ0v) is 12.4. The maximum atomic E-state index is 2.62. The Morgan fingerprint density at radius 2 is 1.06 bits per heavy atom. The van der Waals surface area contributed by atoms with E-state index < -0.39 is 0 Å². The van der Waals surface area contributed by atoms with E-state index in [9.17, 15) is 0 Å². The largest absolute Gasteiger partial charge is 0.0625 e. The molecule has 100 valence electrons. The molecular formula is C17H32. The van der Waals surface area contributed by atoms with Crippen LogP contribution in [0.15, 0.2) is 0 Å². The maximum Gasteiger partial charge on any atom is -0.0272 e. The molecule has 2 saturated carbocycles. The lowest BCUT2D eigenvalue weighted by Crippen LogP contribution is -2.40. The van der Waals surface area contributed by atoms with E-state index in [1.165, 1.54) is 70.6 Å². The number of hydrogen-bond donors (Lipinski definition) is 0. The Bertz CT molecular complexity index is 224. The van der Waals surface area contributed by atoms with Crippen molar-refractivity contribution in [1.82, 2.24) is 0 Å². The third-order valence-electron chi connectivity index (χ3n) is 6.29. The van der Waals surface area contributed by atoms with Gasteiger partial charge in [0.2, 0.25) is 0 Å². The van der Waals surface area contributed by atoms with Crippen LogP contribution in [-0.2, 0) is 0 Å². The van der Waals surface area contributed by atoms with Gasteiger partial charge in [0.05, 0.1) is 0 Å². The van der Waals surface area contributed by atoms with Crippen molar-refractivity contribution in [2.24, 2.45) is 16.7 Å². The van der Waals surface area contributed by atoms with Gasteiger partial charge in [0.15, 0.2) is 0 Å². The van der Waals surface area contributed by atoms with Crippen LogP contribution in [0.4, 0.5) is 0 Å². The summed E-state index contributed by atoms with van der Waals surface area (Å²) in [7, 11) is 0. The molecule has 0 bridgehead atoms. The number of rotatable bonds is 1. The van der Waals surface area contributed by atoms with E-state index in [-0.39, 0.29) is 0 Å². The molecule has 0 heterocycles. The van der Waals surface area contributed by atoms with Gasteiger partial charge in [0, 0.05) is 0 Å². The second kappa shape index (κ2) is 5.33. The first-order chi connectivity index (χ1) is 8.06. The lowest BCUT2D eigenvalue weighted by molar-refractivity contribution is -0.00552. The Balaban J connectivity index is 2.05. The van der Waals surface area contributed by atoms with E-state index in [1.54, 1.807) is 0 Å². The molecule has 0 aromatic heterocycles. The summed E-state index contributed by atoms with van der Waals surface area (Å²) >= 11 is 0. The van der Waals surface area contributed by atoms with Crippen molar-refractivity contribution in [3.8, 4) is 0 Å². The summed E-state index contributed by atoms with van der Waals surface area (Å²) in [6, 6.07) is 0. The Hall–Kier alpha value is 0. The van der Waals surface area contributed by atoms with Crippen LogP contribution < -0.4 is 0 Å². The summed E-state index contributed by atoms with van der Waals surface area (Å²) in [6.45, 7) is 7.68. The SMILES string of the molecule is CC1CCC(C)(C2(C)CCCCCCC2)CC1. The smallest absolute Gasteiger partial charge is 0.0272 e. The van der Waals surface area contributed by atoms with Crippen molar-refractivity contribution in [2.45, 2.75) is 91.4 Å². The van der Waals surface area contributed by atoms with Crippen LogP contribution in [0.5, 0.6) is 0 Å². The van der Waals surface area contributed by atoms with Crippen LogP contribution in [0.25, 0.3) is 0 Å². The zero-order valence-electron chi connectivity index (χ0n) is 12.4. The van der Waals surface area contributed by atoms with Gasteiger partial charge in [-0.05, 0) is 42.4 Å². The van der Waals surface area contributed by atoms with E-state index in [0.29, 0.717) is 10.8 Å². The van der Waals surface area contributed by atoms with E-state index in [4.69, 9.17) is 0 Å². The molecule has 2 aliphatic carbocycles. The molecule has 0 spiro atoms. The predicted octanol–water partition coefficient (Wildman–Crippen LogP) is 5.95. The summed E-state index contributed by atoms with van der Waals surface area (Å²) in [4.78, 5) is 0. The highest BCUT2D eigenvalue weighted by atomic mass is 14.5. The van der Waals surface area contributed by atoms with Gasteiger partial charge in [-0.15, -0.1) is 0 Å². The molecule has 0 amide bonds. The third kappa shape index (κ3) is 2.88. The van der Waals surface area contributed by atoms with Crippen molar-refractivity contribution >= 4 is 0 Å². The summed E-state index contributed by atoms with van der Waals surface area (Å²) in [5.41, 5.74) is 1.30. The molecule has 0 heteroatoms. The van der Waals surface area contributed by atoms with Crippen LogP contribution >= 0.6 is 0 Å². The molecule has 0 aliphatic heterocycles. The first-order valence-electron chi connectivity index (χ1n) is 8.06. The van der Waals surface area contributed by atoms with E-state index in [0.717, 1.165) is 5.92 Å². The predicted molar refractivity (Wildman–Crippen MR) is 76.2 cm³/mol. The molecule has 0 nitrogen and oxygen atoms in total. The van der Waals surface area contributed by atoms with Crippen molar-refractivity contribution in [3.63, 3.8) is 0 Å². The summed E-state index contributed by atoms with van der Waals surface area (Å²) in [5.74, 6) is 0.986. The standard InChI is InChI=1S/C17H32/c1-15-9-13-17(3,14-10-15)16(2)11-7-5-4-6-8-12-16/h15H,4-14H2,1-3H3. The van der Waals surface area contributed by atoms with Crippen LogP contribution in [0, 0.1) is 16.7 Å². The van der Waals surface area contributed by atoms with Crippen LogP contribution in [0.3, 0.4) is 0 Å². The minimum absolute atomic E-state index is 0.646. The van der Waals surface area contributed by atoms with Crippen LogP contribution in [0.2, 0.25) is 0 Å². The van der Waals surface area contributed by atoms with Gasteiger partial charge in [-0.25, -0.2) is 0 Å². The Morgan fingerprint density at radius 3 is 1.59 bits per heavy atom. The van der Waals surface area contributed by atoms with Crippen LogP contribution in [0.1, 0.15) is 91.4 Å². The molecule has 0 N–H and O–H groups in total. The topological polar surface area (TPSA) is 0 Å². The third-order valence-corrected chi connectivity index (χ3v) is 6.29. The van der Waals surface area contributed by atoms with Gasteiger partial charge in [-0.2, -0.15) is 0 Å². The van der Waals surface area contributed by atoms with Crippen molar-refractivity contribution in [3.05, 3.63) is 0 Å². The first-order valence-corrected chi connectivity index (χ1v) is 8.06. The minimum Gasteiger partial charge on any atom is -0.0625 e. The van der Waals surface area contributed by atoms with Crippen molar-refractivity contribution in [2.75, 3.05) is 0 Å². The van der Waals surface area contributed by atoms with E-state index >= 15 is 0 Å². The van der Waals surface area contributed by atoms with Gasteiger partial charge < -0.3 is 0 Å². The average molecular weight is 236 g/mol. The number of hydrogen-bond acceptors (Lipinski definition) is 0. The molecule has 0 saturated heterocycles.